The summed E-state index contributed by atoms with van der Waals surface area (Å²) in [6.45, 7) is 0. The number of carbonyl (C=O) groups is 3. The van der Waals surface area contributed by atoms with E-state index in [1.165, 1.54) is 7.11 Å². The maximum absolute atomic E-state index is 11.6. The van der Waals surface area contributed by atoms with E-state index >= 15 is 0 Å². The number of hydrogen-bond donors (Lipinski definition) is 4. The summed E-state index contributed by atoms with van der Waals surface area (Å²) in [6.07, 6.45) is -0.703. The molecule has 0 spiro atoms. The molecule has 1 aromatic rings. The van der Waals surface area contributed by atoms with E-state index in [1.54, 1.807) is 24.3 Å². The van der Waals surface area contributed by atoms with Crippen molar-refractivity contribution in [2.45, 2.75) is 12.5 Å². The molecule has 2 amide bonds. The first kappa shape index (κ1) is 15.3. The number of anilines is 1. The van der Waals surface area contributed by atoms with Crippen molar-refractivity contribution in [1.82, 2.24) is 5.32 Å². The quantitative estimate of drug-likeness (QED) is 0.610. The molecule has 0 aliphatic rings. The fourth-order valence-electron chi connectivity index (χ4n) is 1.37. The lowest BCUT2D eigenvalue weighted by atomic mass is 10.2. The Hall–Kier alpha value is -2.77. The number of nitrogens with one attached hydrogen (secondary N) is 2. The van der Waals surface area contributed by atoms with E-state index in [2.05, 4.69) is 10.6 Å². The monoisotopic (exact) mass is 282 g/mol. The number of ether oxygens (including phenoxy) is 1. The molecule has 108 valence electrons. The molecule has 0 heterocycles. The highest BCUT2D eigenvalue weighted by Crippen LogP contribution is 2.14. The first-order valence-corrected chi connectivity index (χ1v) is 5.58. The Morgan fingerprint density at radius 3 is 2.25 bits per heavy atom. The van der Waals surface area contributed by atoms with Crippen LogP contribution in [-0.4, -0.2) is 41.3 Å². The van der Waals surface area contributed by atoms with Crippen LogP contribution in [0.4, 0.5) is 10.5 Å². The number of urea groups is 1. The molecule has 0 aliphatic carbocycles. The molecule has 0 aromatic heterocycles. The minimum atomic E-state index is -1.49. The van der Waals surface area contributed by atoms with Gasteiger partial charge in [-0.1, -0.05) is 0 Å². The maximum Gasteiger partial charge on any atom is 0.326 e. The van der Waals surface area contributed by atoms with Crippen LogP contribution in [0.3, 0.4) is 0 Å². The Morgan fingerprint density at radius 1 is 1.20 bits per heavy atom. The van der Waals surface area contributed by atoms with Crippen molar-refractivity contribution in [3.63, 3.8) is 0 Å². The number of methoxy groups -OCH3 is 1. The van der Waals surface area contributed by atoms with Crippen molar-refractivity contribution in [1.29, 1.82) is 0 Å². The van der Waals surface area contributed by atoms with Crippen LogP contribution in [0.15, 0.2) is 24.3 Å². The van der Waals surface area contributed by atoms with Gasteiger partial charge in [0.25, 0.3) is 0 Å². The van der Waals surface area contributed by atoms with Crippen LogP contribution in [0.2, 0.25) is 0 Å². The molecular formula is C12H14N2O6. The summed E-state index contributed by atoms with van der Waals surface area (Å²) in [6, 6.07) is 4.05. The fourth-order valence-corrected chi connectivity index (χ4v) is 1.37. The minimum Gasteiger partial charge on any atom is -0.497 e. The van der Waals surface area contributed by atoms with Crippen LogP contribution < -0.4 is 15.4 Å². The second-order valence-electron chi connectivity index (χ2n) is 3.82. The van der Waals surface area contributed by atoms with Crippen molar-refractivity contribution >= 4 is 23.7 Å². The summed E-state index contributed by atoms with van der Waals surface area (Å²) in [5, 5.41) is 21.8. The second-order valence-corrected chi connectivity index (χ2v) is 3.82. The molecule has 0 saturated heterocycles. The van der Waals surface area contributed by atoms with E-state index in [1.807, 2.05) is 0 Å². The minimum absolute atomic E-state index is 0.419. The van der Waals surface area contributed by atoms with Gasteiger partial charge in [0.2, 0.25) is 0 Å². The molecular weight excluding hydrogens is 268 g/mol. The topological polar surface area (TPSA) is 125 Å². The molecule has 1 rings (SSSR count). The number of hydrogen-bond acceptors (Lipinski definition) is 4. The molecule has 0 radical (unpaired) electrons. The predicted octanol–water partition coefficient (Wildman–Crippen LogP) is 0.745. The van der Waals surface area contributed by atoms with Gasteiger partial charge in [0.15, 0.2) is 0 Å². The van der Waals surface area contributed by atoms with Gasteiger partial charge in [-0.15, -0.1) is 0 Å². The molecule has 0 saturated carbocycles. The summed E-state index contributed by atoms with van der Waals surface area (Å²) in [7, 11) is 1.50. The molecule has 1 unspecified atom stereocenters. The summed E-state index contributed by atoms with van der Waals surface area (Å²) in [5.41, 5.74) is 0.419. The summed E-state index contributed by atoms with van der Waals surface area (Å²) >= 11 is 0. The Kier molecular flexibility index (Phi) is 5.33. The SMILES string of the molecule is COc1ccc(NC(=O)NC(CC(=O)O)C(=O)O)cc1. The maximum atomic E-state index is 11.6. The van der Waals surface area contributed by atoms with E-state index in [9.17, 15) is 14.4 Å². The molecule has 20 heavy (non-hydrogen) atoms. The highest BCUT2D eigenvalue weighted by Gasteiger charge is 2.22. The largest absolute Gasteiger partial charge is 0.497 e. The first-order valence-electron chi connectivity index (χ1n) is 5.58. The molecule has 0 bridgehead atoms. The van der Waals surface area contributed by atoms with Gasteiger partial charge >= 0.3 is 18.0 Å². The Morgan fingerprint density at radius 2 is 1.80 bits per heavy atom. The third kappa shape index (κ3) is 4.84. The fraction of sp³-hybridized carbons (Fsp3) is 0.250. The molecule has 0 fully saturated rings. The van der Waals surface area contributed by atoms with Crippen LogP contribution in [0.1, 0.15) is 6.42 Å². The van der Waals surface area contributed by atoms with Crippen LogP contribution in [0.25, 0.3) is 0 Å². The van der Waals surface area contributed by atoms with Crippen molar-refractivity contribution in [3.8, 4) is 5.75 Å². The number of benzene rings is 1. The highest BCUT2D eigenvalue weighted by molar-refractivity contribution is 5.93. The number of rotatable bonds is 6. The van der Waals surface area contributed by atoms with Crippen LogP contribution in [0.5, 0.6) is 5.75 Å². The number of carboxylic acids is 2. The van der Waals surface area contributed by atoms with Gasteiger partial charge < -0.3 is 25.6 Å². The molecule has 4 N–H and O–H groups in total. The van der Waals surface area contributed by atoms with Crippen molar-refractivity contribution < 1.29 is 29.3 Å². The van der Waals surface area contributed by atoms with Gasteiger partial charge in [-0.05, 0) is 24.3 Å². The molecule has 0 aliphatic heterocycles. The highest BCUT2D eigenvalue weighted by atomic mass is 16.5. The summed E-state index contributed by atoms with van der Waals surface area (Å²) in [4.78, 5) is 32.8. The van der Waals surface area contributed by atoms with Crippen LogP contribution >= 0.6 is 0 Å². The Bertz CT molecular complexity index is 499. The smallest absolute Gasteiger partial charge is 0.326 e. The lowest BCUT2D eigenvalue weighted by Gasteiger charge is -2.13. The van der Waals surface area contributed by atoms with Crippen molar-refractivity contribution in [2.75, 3.05) is 12.4 Å². The summed E-state index contributed by atoms with van der Waals surface area (Å²) in [5.74, 6) is -2.13. The normalized spacial score (nSPS) is 11.2. The zero-order chi connectivity index (χ0) is 15.1. The third-order valence-electron chi connectivity index (χ3n) is 2.33. The number of aliphatic carboxylic acids is 2. The zero-order valence-electron chi connectivity index (χ0n) is 10.6. The Labute approximate surface area is 114 Å². The number of carbonyl (C=O) groups excluding carboxylic acids is 1. The lowest BCUT2D eigenvalue weighted by Crippen LogP contribution is -2.44. The van der Waals surface area contributed by atoms with E-state index < -0.39 is 30.4 Å². The van der Waals surface area contributed by atoms with Crippen molar-refractivity contribution in [3.05, 3.63) is 24.3 Å². The molecule has 1 atom stereocenters. The lowest BCUT2D eigenvalue weighted by molar-refractivity contribution is -0.145. The van der Waals surface area contributed by atoms with Gasteiger partial charge in [0.1, 0.15) is 11.8 Å². The van der Waals surface area contributed by atoms with Crippen LogP contribution in [0, 0.1) is 0 Å². The average molecular weight is 282 g/mol. The first-order chi connectivity index (χ1) is 9.42. The Balaban J connectivity index is 2.60. The van der Waals surface area contributed by atoms with E-state index in [0.29, 0.717) is 11.4 Å². The van der Waals surface area contributed by atoms with E-state index in [4.69, 9.17) is 14.9 Å². The molecule has 8 nitrogen and oxygen atoms in total. The van der Waals surface area contributed by atoms with Gasteiger partial charge in [0, 0.05) is 5.69 Å². The predicted molar refractivity (Wildman–Crippen MR) is 68.8 cm³/mol. The van der Waals surface area contributed by atoms with Gasteiger partial charge in [-0.3, -0.25) is 4.79 Å². The van der Waals surface area contributed by atoms with Gasteiger partial charge in [0.05, 0.1) is 13.5 Å². The third-order valence-corrected chi connectivity index (χ3v) is 2.33. The van der Waals surface area contributed by atoms with Crippen molar-refractivity contribution in [2.24, 2.45) is 0 Å². The summed E-state index contributed by atoms with van der Waals surface area (Å²) < 4.78 is 4.94. The molecule has 1 aromatic carbocycles. The standard InChI is InChI=1S/C12H14N2O6/c1-20-8-4-2-7(3-5-8)13-12(19)14-9(11(17)18)6-10(15)16/h2-5,9H,6H2,1H3,(H,15,16)(H,17,18)(H2,13,14,19). The van der Waals surface area contributed by atoms with Crippen LogP contribution in [-0.2, 0) is 9.59 Å². The van der Waals surface area contributed by atoms with E-state index in [-0.39, 0.29) is 0 Å². The van der Waals surface area contributed by atoms with E-state index in [0.717, 1.165) is 0 Å². The van der Waals surface area contributed by atoms with Gasteiger partial charge in [-0.2, -0.15) is 0 Å². The number of amides is 2. The van der Waals surface area contributed by atoms with Gasteiger partial charge in [-0.25, -0.2) is 9.59 Å². The average Bonchev–Trinajstić information content (AvgIpc) is 2.38. The second kappa shape index (κ2) is 6.98. The zero-order valence-corrected chi connectivity index (χ0v) is 10.6. The molecule has 8 heteroatoms. The number of carboxylic acid groups (broad SMARTS) is 2.